The van der Waals surface area contributed by atoms with Crippen molar-refractivity contribution in [3.63, 3.8) is 0 Å². The second kappa shape index (κ2) is 6.98. The molecule has 21 heavy (non-hydrogen) atoms. The van der Waals surface area contributed by atoms with Crippen molar-refractivity contribution in [2.45, 2.75) is 39.3 Å². The van der Waals surface area contributed by atoms with E-state index in [4.69, 9.17) is 9.47 Å². The third-order valence-electron chi connectivity index (χ3n) is 2.68. The summed E-state index contributed by atoms with van der Waals surface area (Å²) in [6.45, 7) is 7.80. The maximum Gasteiger partial charge on any atom is 0.411 e. The van der Waals surface area contributed by atoms with Gasteiger partial charge in [0.2, 0.25) is 0 Å². The van der Waals surface area contributed by atoms with Gasteiger partial charge in [-0.25, -0.2) is 4.79 Å². The Labute approximate surface area is 126 Å². The van der Waals surface area contributed by atoms with Crippen LogP contribution in [0.3, 0.4) is 0 Å². The highest BCUT2D eigenvalue weighted by atomic mass is 16.6. The molecule has 1 aromatic carbocycles. The monoisotopic (exact) mass is 290 g/mol. The highest BCUT2D eigenvalue weighted by Gasteiger charge is 2.26. The summed E-state index contributed by atoms with van der Waals surface area (Å²) in [6, 6.07) is 8.57. The third-order valence-corrected chi connectivity index (χ3v) is 2.68. The maximum atomic E-state index is 12.1. The number of carbonyl (C=O) groups excluding carboxylic acids is 1. The minimum Gasteiger partial charge on any atom is -0.494 e. The lowest BCUT2D eigenvalue weighted by Crippen LogP contribution is -2.36. The van der Waals surface area contributed by atoms with Crippen LogP contribution in [0.2, 0.25) is 0 Å². The third kappa shape index (κ3) is 4.99. The van der Waals surface area contributed by atoms with Crippen molar-refractivity contribution in [1.29, 1.82) is 5.26 Å². The molecule has 0 spiro atoms. The zero-order valence-corrected chi connectivity index (χ0v) is 13.2. The standard InChI is InChI=1S/C16H22N2O3/c1-6-20-13-9-7-8-12(10-13)14(11-17)18(5)15(19)21-16(2,3)4/h7-10,14H,6H2,1-5H3. The molecule has 0 bridgehead atoms. The molecule has 1 unspecified atom stereocenters. The van der Waals surface area contributed by atoms with Gasteiger partial charge in [0, 0.05) is 7.05 Å². The highest BCUT2D eigenvalue weighted by molar-refractivity contribution is 5.69. The molecule has 0 radical (unpaired) electrons. The van der Waals surface area contributed by atoms with Crippen LogP contribution in [0.1, 0.15) is 39.3 Å². The first-order valence-corrected chi connectivity index (χ1v) is 6.86. The molecule has 0 saturated heterocycles. The Morgan fingerprint density at radius 1 is 1.43 bits per heavy atom. The number of carbonyl (C=O) groups is 1. The lowest BCUT2D eigenvalue weighted by molar-refractivity contribution is 0.0258. The van der Waals surface area contributed by atoms with Gasteiger partial charge in [0.15, 0.2) is 0 Å². The molecule has 0 heterocycles. The van der Waals surface area contributed by atoms with Crippen LogP contribution in [0.5, 0.6) is 5.75 Å². The van der Waals surface area contributed by atoms with Gasteiger partial charge >= 0.3 is 6.09 Å². The molecule has 1 amide bonds. The Balaban J connectivity index is 2.94. The molecule has 0 aliphatic rings. The molecular weight excluding hydrogens is 268 g/mol. The molecule has 114 valence electrons. The molecule has 1 atom stereocenters. The number of hydrogen-bond donors (Lipinski definition) is 0. The zero-order chi connectivity index (χ0) is 16.0. The number of benzene rings is 1. The SMILES string of the molecule is CCOc1cccc(C(C#N)N(C)C(=O)OC(C)(C)C)c1. The van der Waals surface area contributed by atoms with Crippen LogP contribution in [-0.4, -0.2) is 30.2 Å². The summed E-state index contributed by atoms with van der Waals surface area (Å²) in [5.74, 6) is 0.674. The van der Waals surface area contributed by atoms with Crippen molar-refractivity contribution in [2.24, 2.45) is 0 Å². The Morgan fingerprint density at radius 2 is 2.10 bits per heavy atom. The van der Waals surface area contributed by atoms with Crippen molar-refractivity contribution in [2.75, 3.05) is 13.7 Å². The molecule has 5 heteroatoms. The van der Waals surface area contributed by atoms with Gasteiger partial charge in [-0.15, -0.1) is 0 Å². The number of amides is 1. The van der Waals surface area contributed by atoms with Crippen LogP contribution < -0.4 is 4.74 Å². The molecule has 0 aromatic heterocycles. The molecule has 0 aliphatic carbocycles. The van der Waals surface area contributed by atoms with Crippen molar-refractivity contribution in [3.05, 3.63) is 29.8 Å². The second-order valence-corrected chi connectivity index (χ2v) is 5.63. The Bertz CT molecular complexity index is 529. The Morgan fingerprint density at radius 3 is 2.62 bits per heavy atom. The number of ether oxygens (including phenoxy) is 2. The molecule has 5 nitrogen and oxygen atoms in total. The minimum atomic E-state index is -0.722. The lowest BCUT2D eigenvalue weighted by Gasteiger charge is -2.27. The molecule has 0 N–H and O–H groups in total. The fourth-order valence-electron chi connectivity index (χ4n) is 1.77. The van der Waals surface area contributed by atoms with E-state index in [0.29, 0.717) is 17.9 Å². The van der Waals surface area contributed by atoms with Crippen LogP contribution in [0.4, 0.5) is 4.79 Å². The van der Waals surface area contributed by atoms with Gasteiger partial charge < -0.3 is 9.47 Å². The first-order chi connectivity index (χ1) is 9.78. The number of nitriles is 1. The van der Waals surface area contributed by atoms with Gasteiger partial charge in [-0.2, -0.15) is 5.26 Å². The van der Waals surface area contributed by atoms with Crippen molar-refractivity contribution in [3.8, 4) is 11.8 Å². The summed E-state index contributed by atoms with van der Waals surface area (Å²) >= 11 is 0. The number of hydrogen-bond acceptors (Lipinski definition) is 4. The van der Waals surface area contributed by atoms with Crippen LogP contribution in [-0.2, 0) is 4.74 Å². The van der Waals surface area contributed by atoms with E-state index in [9.17, 15) is 10.1 Å². The van der Waals surface area contributed by atoms with Crippen molar-refractivity contribution >= 4 is 6.09 Å². The molecule has 1 aromatic rings. The number of rotatable bonds is 4. The fourth-order valence-corrected chi connectivity index (χ4v) is 1.77. The molecular formula is C16H22N2O3. The van der Waals surface area contributed by atoms with Gasteiger partial charge in [0.05, 0.1) is 12.7 Å². The van der Waals surface area contributed by atoms with E-state index >= 15 is 0 Å². The van der Waals surface area contributed by atoms with Gasteiger partial charge in [0.25, 0.3) is 0 Å². The summed E-state index contributed by atoms with van der Waals surface area (Å²) < 4.78 is 10.7. The van der Waals surface area contributed by atoms with E-state index < -0.39 is 17.7 Å². The molecule has 0 aliphatic heterocycles. The Kier molecular flexibility index (Phi) is 5.60. The first-order valence-electron chi connectivity index (χ1n) is 6.86. The van der Waals surface area contributed by atoms with Crippen LogP contribution >= 0.6 is 0 Å². The smallest absolute Gasteiger partial charge is 0.411 e. The zero-order valence-electron chi connectivity index (χ0n) is 13.2. The quantitative estimate of drug-likeness (QED) is 0.851. The largest absolute Gasteiger partial charge is 0.494 e. The van der Waals surface area contributed by atoms with E-state index in [1.165, 1.54) is 4.90 Å². The summed E-state index contributed by atoms with van der Waals surface area (Å²) in [7, 11) is 1.55. The van der Waals surface area contributed by atoms with E-state index in [0.717, 1.165) is 0 Å². The van der Waals surface area contributed by atoms with E-state index in [-0.39, 0.29) is 0 Å². The van der Waals surface area contributed by atoms with Gasteiger partial charge in [-0.05, 0) is 45.4 Å². The summed E-state index contributed by atoms with van der Waals surface area (Å²) in [6.07, 6.45) is -0.532. The first kappa shape index (κ1) is 16.8. The topological polar surface area (TPSA) is 62.6 Å². The predicted octanol–water partition coefficient (Wildman–Crippen LogP) is 3.52. The van der Waals surface area contributed by atoms with Crippen LogP contribution in [0, 0.1) is 11.3 Å². The number of nitrogens with zero attached hydrogens (tertiary/aromatic N) is 2. The fraction of sp³-hybridized carbons (Fsp3) is 0.500. The summed E-state index contributed by atoms with van der Waals surface area (Å²) in [5, 5.41) is 9.38. The second-order valence-electron chi connectivity index (χ2n) is 5.63. The lowest BCUT2D eigenvalue weighted by atomic mass is 10.1. The average Bonchev–Trinajstić information content (AvgIpc) is 2.38. The van der Waals surface area contributed by atoms with Gasteiger partial charge in [-0.3, -0.25) is 4.90 Å². The predicted molar refractivity (Wildman–Crippen MR) is 80.0 cm³/mol. The molecule has 0 saturated carbocycles. The summed E-state index contributed by atoms with van der Waals surface area (Å²) in [4.78, 5) is 13.4. The molecule has 0 fully saturated rings. The Hall–Kier alpha value is -2.22. The van der Waals surface area contributed by atoms with E-state index in [1.54, 1.807) is 46.0 Å². The van der Waals surface area contributed by atoms with Gasteiger partial charge in [-0.1, -0.05) is 12.1 Å². The average molecular weight is 290 g/mol. The van der Waals surface area contributed by atoms with E-state index in [2.05, 4.69) is 6.07 Å². The highest BCUT2D eigenvalue weighted by Crippen LogP contribution is 2.24. The summed E-state index contributed by atoms with van der Waals surface area (Å²) in [5.41, 5.74) is 0.0928. The molecule has 1 rings (SSSR count). The maximum absolute atomic E-state index is 12.1. The van der Waals surface area contributed by atoms with Gasteiger partial charge in [0.1, 0.15) is 17.4 Å². The minimum absolute atomic E-state index is 0.532. The van der Waals surface area contributed by atoms with E-state index in [1.807, 2.05) is 13.0 Å². The van der Waals surface area contributed by atoms with Crippen molar-refractivity contribution in [1.82, 2.24) is 4.90 Å². The van der Waals surface area contributed by atoms with Crippen molar-refractivity contribution < 1.29 is 14.3 Å². The van der Waals surface area contributed by atoms with Crippen LogP contribution in [0.25, 0.3) is 0 Å². The normalized spacial score (nSPS) is 12.2. The van der Waals surface area contributed by atoms with Crippen LogP contribution in [0.15, 0.2) is 24.3 Å².